The number of benzene rings is 2. The van der Waals surface area contributed by atoms with E-state index < -0.39 is 0 Å². The van der Waals surface area contributed by atoms with Crippen LogP contribution in [-0.4, -0.2) is 37.6 Å². The van der Waals surface area contributed by atoms with E-state index in [0.717, 1.165) is 15.9 Å². The van der Waals surface area contributed by atoms with Crippen molar-refractivity contribution < 1.29 is 9.53 Å². The number of nitrogens with zero attached hydrogens (tertiary/aromatic N) is 2. The topological polar surface area (TPSA) is 32.8 Å². The van der Waals surface area contributed by atoms with Crippen molar-refractivity contribution in [3.8, 4) is 5.75 Å². The molecular formula is C18H19IN2O2. The van der Waals surface area contributed by atoms with Gasteiger partial charge in [-0.3, -0.25) is 4.79 Å². The molecule has 23 heavy (non-hydrogen) atoms. The van der Waals surface area contributed by atoms with Gasteiger partial charge in [-0.05, 0) is 58.5 Å². The molecule has 0 spiro atoms. The molecule has 0 atom stereocenters. The van der Waals surface area contributed by atoms with Gasteiger partial charge in [-0.15, -0.1) is 0 Å². The molecule has 0 saturated carbocycles. The molecule has 1 aliphatic heterocycles. The molecule has 3 rings (SSSR count). The van der Waals surface area contributed by atoms with Gasteiger partial charge in [0.15, 0.2) is 6.61 Å². The summed E-state index contributed by atoms with van der Waals surface area (Å²) in [6.45, 7) is 2.24. The van der Waals surface area contributed by atoms with E-state index in [9.17, 15) is 4.79 Å². The summed E-state index contributed by atoms with van der Waals surface area (Å²) >= 11 is 2.24. The van der Waals surface area contributed by atoms with E-state index in [2.05, 4.69) is 46.7 Å². The minimum Gasteiger partial charge on any atom is -0.484 e. The van der Waals surface area contributed by atoms with Crippen LogP contribution in [0.4, 0.5) is 5.69 Å². The van der Waals surface area contributed by atoms with Gasteiger partial charge in [0.05, 0.1) is 0 Å². The summed E-state index contributed by atoms with van der Waals surface area (Å²) in [5, 5.41) is 0. The summed E-state index contributed by atoms with van der Waals surface area (Å²) < 4.78 is 6.77. The van der Waals surface area contributed by atoms with Crippen LogP contribution in [0.2, 0.25) is 0 Å². The molecule has 0 bridgehead atoms. The Kier molecular flexibility index (Phi) is 5.05. The SMILES string of the molecule is CN1CCN(C(=O)COc2ccc(I)cc2)Cc2ccccc21. The molecule has 0 aromatic heterocycles. The molecule has 0 aliphatic carbocycles. The third-order valence-corrected chi connectivity index (χ3v) is 4.72. The van der Waals surface area contributed by atoms with Gasteiger partial charge in [0.1, 0.15) is 5.75 Å². The van der Waals surface area contributed by atoms with Crippen LogP contribution >= 0.6 is 22.6 Å². The molecule has 0 radical (unpaired) electrons. The summed E-state index contributed by atoms with van der Waals surface area (Å²) in [5.74, 6) is 0.750. The Bertz CT molecular complexity index is 688. The normalized spacial score (nSPS) is 14.2. The highest BCUT2D eigenvalue weighted by Gasteiger charge is 2.21. The molecule has 1 amide bonds. The van der Waals surface area contributed by atoms with E-state index in [4.69, 9.17) is 4.74 Å². The van der Waals surface area contributed by atoms with E-state index >= 15 is 0 Å². The standard InChI is InChI=1S/C18H19IN2O2/c1-20-10-11-21(12-14-4-2-3-5-17(14)20)18(22)13-23-16-8-6-15(19)7-9-16/h2-9H,10-13H2,1H3. The molecule has 2 aromatic rings. The highest BCUT2D eigenvalue weighted by Crippen LogP contribution is 2.23. The van der Waals surface area contributed by atoms with Gasteiger partial charge in [-0.2, -0.15) is 0 Å². The summed E-state index contributed by atoms with van der Waals surface area (Å²) in [6.07, 6.45) is 0. The minimum absolute atomic E-state index is 0.0219. The van der Waals surface area contributed by atoms with Crippen LogP contribution in [0.25, 0.3) is 0 Å². The van der Waals surface area contributed by atoms with Crippen LogP contribution in [0.1, 0.15) is 5.56 Å². The Hall–Kier alpha value is -1.76. The number of hydrogen-bond donors (Lipinski definition) is 0. The molecular weight excluding hydrogens is 403 g/mol. The lowest BCUT2D eigenvalue weighted by Gasteiger charge is -2.21. The van der Waals surface area contributed by atoms with Crippen LogP contribution in [0.3, 0.4) is 0 Å². The van der Waals surface area contributed by atoms with Crippen molar-refractivity contribution in [2.24, 2.45) is 0 Å². The molecule has 1 aliphatic rings. The number of fused-ring (bicyclic) bond motifs is 1. The van der Waals surface area contributed by atoms with Crippen LogP contribution in [-0.2, 0) is 11.3 Å². The number of amides is 1. The van der Waals surface area contributed by atoms with Crippen LogP contribution in [0, 0.1) is 3.57 Å². The molecule has 0 saturated heterocycles. The first kappa shape index (κ1) is 16.1. The largest absolute Gasteiger partial charge is 0.484 e. The minimum atomic E-state index is 0.0219. The first-order valence-corrected chi connectivity index (χ1v) is 8.66. The molecule has 0 unspecified atom stereocenters. The number of anilines is 1. The van der Waals surface area contributed by atoms with Crippen LogP contribution in [0.15, 0.2) is 48.5 Å². The summed E-state index contributed by atoms with van der Waals surface area (Å²) in [7, 11) is 2.06. The predicted octanol–water partition coefficient (Wildman–Crippen LogP) is 3.15. The van der Waals surface area contributed by atoms with Crippen LogP contribution in [0.5, 0.6) is 5.75 Å². The molecule has 4 nitrogen and oxygen atoms in total. The van der Waals surface area contributed by atoms with Crippen molar-refractivity contribution in [2.45, 2.75) is 6.54 Å². The Morgan fingerprint density at radius 2 is 1.87 bits per heavy atom. The lowest BCUT2D eigenvalue weighted by Crippen LogP contribution is -2.37. The smallest absolute Gasteiger partial charge is 0.260 e. The average molecular weight is 422 g/mol. The highest BCUT2D eigenvalue weighted by molar-refractivity contribution is 14.1. The van der Waals surface area contributed by atoms with E-state index in [1.54, 1.807) is 0 Å². The number of para-hydroxylation sites is 1. The fraction of sp³-hybridized carbons (Fsp3) is 0.278. The number of rotatable bonds is 3. The van der Waals surface area contributed by atoms with Gasteiger partial charge < -0.3 is 14.5 Å². The van der Waals surface area contributed by atoms with Gasteiger partial charge in [-0.1, -0.05) is 18.2 Å². The molecule has 0 fully saturated rings. The maximum Gasteiger partial charge on any atom is 0.260 e. The van der Waals surface area contributed by atoms with Gasteiger partial charge >= 0.3 is 0 Å². The second kappa shape index (κ2) is 7.21. The zero-order chi connectivity index (χ0) is 16.2. The van der Waals surface area contributed by atoms with E-state index in [1.165, 1.54) is 11.3 Å². The van der Waals surface area contributed by atoms with Crippen molar-refractivity contribution in [1.29, 1.82) is 0 Å². The number of likely N-dealkylation sites (N-methyl/N-ethyl adjacent to an activating group) is 1. The highest BCUT2D eigenvalue weighted by atomic mass is 127. The fourth-order valence-electron chi connectivity index (χ4n) is 2.67. The molecule has 1 heterocycles. The fourth-order valence-corrected chi connectivity index (χ4v) is 3.03. The zero-order valence-corrected chi connectivity index (χ0v) is 15.2. The number of ether oxygens (including phenoxy) is 1. The Morgan fingerprint density at radius 3 is 2.65 bits per heavy atom. The molecule has 2 aromatic carbocycles. The average Bonchev–Trinajstić information content (AvgIpc) is 2.74. The third kappa shape index (κ3) is 3.96. The van der Waals surface area contributed by atoms with Crippen molar-refractivity contribution in [2.75, 3.05) is 31.6 Å². The molecule has 5 heteroatoms. The maximum absolute atomic E-state index is 12.5. The monoisotopic (exact) mass is 422 g/mol. The van der Waals surface area contributed by atoms with Crippen molar-refractivity contribution in [1.82, 2.24) is 4.90 Å². The Morgan fingerprint density at radius 1 is 1.13 bits per heavy atom. The van der Waals surface area contributed by atoms with Gasteiger partial charge in [0.2, 0.25) is 0 Å². The third-order valence-electron chi connectivity index (χ3n) is 4.00. The van der Waals surface area contributed by atoms with Gasteiger partial charge in [0, 0.05) is 35.9 Å². The zero-order valence-electron chi connectivity index (χ0n) is 13.0. The van der Waals surface area contributed by atoms with Crippen LogP contribution < -0.4 is 9.64 Å². The molecule has 120 valence electrons. The first-order valence-electron chi connectivity index (χ1n) is 7.58. The Balaban J connectivity index is 1.65. The summed E-state index contributed by atoms with van der Waals surface area (Å²) in [6, 6.07) is 16.0. The number of halogens is 1. The summed E-state index contributed by atoms with van der Waals surface area (Å²) in [4.78, 5) is 16.6. The number of carbonyl (C=O) groups excluding carboxylic acids is 1. The van der Waals surface area contributed by atoms with Crippen molar-refractivity contribution in [3.63, 3.8) is 0 Å². The maximum atomic E-state index is 12.5. The predicted molar refractivity (Wildman–Crippen MR) is 99.8 cm³/mol. The lowest BCUT2D eigenvalue weighted by molar-refractivity contribution is -0.133. The van der Waals surface area contributed by atoms with Gasteiger partial charge in [-0.25, -0.2) is 0 Å². The Labute approximate surface area is 150 Å². The second-order valence-corrected chi connectivity index (χ2v) is 6.85. The van der Waals surface area contributed by atoms with E-state index in [-0.39, 0.29) is 12.5 Å². The van der Waals surface area contributed by atoms with Crippen molar-refractivity contribution in [3.05, 3.63) is 57.7 Å². The van der Waals surface area contributed by atoms with E-state index in [1.807, 2.05) is 41.3 Å². The van der Waals surface area contributed by atoms with Gasteiger partial charge in [0.25, 0.3) is 5.91 Å². The summed E-state index contributed by atoms with van der Waals surface area (Å²) in [5.41, 5.74) is 2.37. The first-order chi connectivity index (χ1) is 11.1. The lowest BCUT2D eigenvalue weighted by atomic mass is 10.1. The van der Waals surface area contributed by atoms with Crippen molar-refractivity contribution >= 4 is 34.2 Å². The second-order valence-electron chi connectivity index (χ2n) is 5.61. The number of carbonyl (C=O) groups is 1. The van der Waals surface area contributed by atoms with E-state index in [0.29, 0.717) is 13.1 Å². The molecule has 0 N–H and O–H groups in total. The quantitative estimate of drug-likeness (QED) is 0.713. The number of hydrogen-bond acceptors (Lipinski definition) is 3.